The van der Waals surface area contributed by atoms with Gasteiger partial charge in [-0.05, 0) is 30.7 Å². The number of aliphatic imine (C=N–C) groups is 1. The summed E-state index contributed by atoms with van der Waals surface area (Å²) in [5, 5.41) is 10.2. The molecular weight excluding hydrogens is 410 g/mol. The molecule has 0 radical (unpaired) electrons. The molecular formula is C29H41NO3. The van der Waals surface area contributed by atoms with E-state index in [1.807, 2.05) is 30.3 Å². The first-order chi connectivity index (χ1) is 16.2. The monoisotopic (exact) mass is 451 g/mol. The molecule has 0 atom stereocenters. The number of hydrogen-bond donors (Lipinski definition) is 1. The van der Waals surface area contributed by atoms with Crippen molar-refractivity contribution in [1.82, 2.24) is 0 Å². The molecule has 180 valence electrons. The number of hydrogen-bond acceptors (Lipinski definition) is 4. The highest BCUT2D eigenvalue weighted by Crippen LogP contribution is 2.24. The van der Waals surface area contributed by atoms with Gasteiger partial charge in [-0.2, -0.15) is 0 Å². The third-order valence-electron chi connectivity index (χ3n) is 5.83. The van der Waals surface area contributed by atoms with E-state index in [0.29, 0.717) is 17.7 Å². The highest BCUT2D eigenvalue weighted by molar-refractivity contribution is 5.85. The molecule has 2 rings (SSSR count). The first-order valence-corrected chi connectivity index (χ1v) is 12.8. The standard InChI is InChI=1S/C29H41NO3/c1-2-3-4-5-6-7-8-9-10-11-12-13-17-20-29(32)33-27-22-21-25(28(31)23-27)24-30-26-18-15-14-16-19-26/h14-16,18-19,21-24,31H,2-13,17,20H2,1H3. The van der Waals surface area contributed by atoms with Crippen molar-refractivity contribution in [3.05, 3.63) is 54.1 Å². The Bertz CT molecular complexity index is 817. The summed E-state index contributed by atoms with van der Waals surface area (Å²) >= 11 is 0. The zero-order valence-electron chi connectivity index (χ0n) is 20.3. The van der Waals surface area contributed by atoms with E-state index >= 15 is 0 Å². The van der Waals surface area contributed by atoms with Gasteiger partial charge in [-0.25, -0.2) is 0 Å². The van der Waals surface area contributed by atoms with E-state index < -0.39 is 0 Å². The van der Waals surface area contributed by atoms with Crippen molar-refractivity contribution < 1.29 is 14.6 Å². The summed E-state index contributed by atoms with van der Waals surface area (Å²) < 4.78 is 5.38. The Labute approximate surface area is 200 Å². The Kier molecular flexibility index (Phi) is 13.7. The number of nitrogens with zero attached hydrogens (tertiary/aromatic N) is 1. The lowest BCUT2D eigenvalue weighted by Crippen LogP contribution is -2.07. The molecule has 0 aliphatic rings. The van der Waals surface area contributed by atoms with Crippen LogP contribution in [0.1, 0.15) is 102 Å². The number of para-hydroxylation sites is 1. The minimum Gasteiger partial charge on any atom is -0.507 e. The predicted molar refractivity (Wildman–Crippen MR) is 138 cm³/mol. The number of ether oxygens (including phenoxy) is 1. The van der Waals surface area contributed by atoms with Gasteiger partial charge in [-0.3, -0.25) is 9.79 Å². The van der Waals surface area contributed by atoms with Gasteiger partial charge in [0.15, 0.2) is 0 Å². The smallest absolute Gasteiger partial charge is 0.311 e. The molecule has 0 spiro atoms. The lowest BCUT2D eigenvalue weighted by atomic mass is 10.0. The lowest BCUT2D eigenvalue weighted by molar-refractivity contribution is -0.134. The molecule has 0 amide bonds. The number of phenols is 1. The van der Waals surface area contributed by atoms with Crippen LogP contribution in [0.2, 0.25) is 0 Å². The molecule has 2 aromatic carbocycles. The van der Waals surface area contributed by atoms with Crippen LogP contribution in [0.4, 0.5) is 5.69 Å². The second-order valence-electron chi connectivity index (χ2n) is 8.78. The molecule has 0 bridgehead atoms. The first-order valence-electron chi connectivity index (χ1n) is 12.8. The topological polar surface area (TPSA) is 58.9 Å². The van der Waals surface area contributed by atoms with E-state index in [9.17, 15) is 9.90 Å². The Balaban J connectivity index is 1.53. The van der Waals surface area contributed by atoms with E-state index in [-0.39, 0.29) is 11.7 Å². The maximum absolute atomic E-state index is 12.1. The Hall–Kier alpha value is -2.62. The lowest BCUT2D eigenvalue weighted by Gasteiger charge is -2.06. The summed E-state index contributed by atoms with van der Waals surface area (Å²) in [4.78, 5) is 16.4. The van der Waals surface area contributed by atoms with Crippen molar-refractivity contribution in [2.45, 2.75) is 96.8 Å². The quantitative estimate of drug-likeness (QED) is 0.113. The van der Waals surface area contributed by atoms with Crippen molar-refractivity contribution in [3.8, 4) is 11.5 Å². The fourth-order valence-electron chi connectivity index (χ4n) is 3.82. The number of aromatic hydroxyl groups is 1. The van der Waals surface area contributed by atoms with Gasteiger partial charge in [0.1, 0.15) is 11.5 Å². The first kappa shape index (κ1) is 26.6. The normalized spacial score (nSPS) is 11.2. The summed E-state index contributed by atoms with van der Waals surface area (Å²) in [5.41, 5.74) is 1.39. The summed E-state index contributed by atoms with van der Waals surface area (Å²) in [5.74, 6) is 0.160. The van der Waals surface area contributed by atoms with Gasteiger partial charge < -0.3 is 9.84 Å². The van der Waals surface area contributed by atoms with Gasteiger partial charge in [0.2, 0.25) is 0 Å². The van der Waals surface area contributed by atoms with E-state index in [1.54, 1.807) is 18.3 Å². The van der Waals surface area contributed by atoms with Crippen LogP contribution in [0.5, 0.6) is 11.5 Å². The van der Waals surface area contributed by atoms with E-state index in [4.69, 9.17) is 4.74 Å². The number of carbonyl (C=O) groups is 1. The van der Waals surface area contributed by atoms with Gasteiger partial charge in [0.05, 0.1) is 5.69 Å². The summed E-state index contributed by atoms with van der Waals surface area (Å²) in [7, 11) is 0. The highest BCUT2D eigenvalue weighted by Gasteiger charge is 2.07. The van der Waals surface area contributed by atoms with E-state index in [0.717, 1.165) is 18.5 Å². The maximum Gasteiger partial charge on any atom is 0.311 e. The van der Waals surface area contributed by atoms with Crippen molar-refractivity contribution in [2.24, 2.45) is 4.99 Å². The largest absolute Gasteiger partial charge is 0.507 e. The number of rotatable bonds is 17. The average Bonchev–Trinajstić information content (AvgIpc) is 2.82. The fourth-order valence-corrected chi connectivity index (χ4v) is 3.82. The molecule has 0 saturated heterocycles. The molecule has 0 unspecified atom stereocenters. The Morgan fingerprint density at radius 3 is 1.97 bits per heavy atom. The zero-order valence-corrected chi connectivity index (χ0v) is 20.3. The molecule has 0 aromatic heterocycles. The molecule has 4 nitrogen and oxygen atoms in total. The fraction of sp³-hybridized carbons (Fsp3) is 0.517. The second-order valence-corrected chi connectivity index (χ2v) is 8.78. The Morgan fingerprint density at radius 2 is 1.39 bits per heavy atom. The molecule has 0 aliphatic heterocycles. The van der Waals surface area contributed by atoms with Gasteiger partial charge >= 0.3 is 5.97 Å². The van der Waals surface area contributed by atoms with Gasteiger partial charge in [-0.1, -0.05) is 102 Å². The van der Waals surface area contributed by atoms with E-state index in [2.05, 4.69) is 11.9 Å². The van der Waals surface area contributed by atoms with Crippen LogP contribution in [0.15, 0.2) is 53.5 Å². The summed E-state index contributed by atoms with van der Waals surface area (Å²) in [6.07, 6.45) is 18.6. The van der Waals surface area contributed by atoms with Crippen LogP contribution in [-0.2, 0) is 4.79 Å². The van der Waals surface area contributed by atoms with Gasteiger partial charge in [0, 0.05) is 24.3 Å². The molecule has 0 fully saturated rings. The molecule has 1 N–H and O–H groups in total. The molecule has 0 aliphatic carbocycles. The number of phenolic OH excluding ortho intramolecular Hbond substituents is 1. The van der Waals surface area contributed by atoms with Crippen molar-refractivity contribution in [1.29, 1.82) is 0 Å². The average molecular weight is 452 g/mol. The third kappa shape index (κ3) is 12.3. The minimum absolute atomic E-state index is 0.0425. The molecule has 2 aromatic rings. The number of benzene rings is 2. The molecule has 33 heavy (non-hydrogen) atoms. The van der Waals surface area contributed by atoms with Crippen LogP contribution in [-0.4, -0.2) is 17.3 Å². The predicted octanol–water partition coefficient (Wildman–Crippen LogP) is 8.53. The minimum atomic E-state index is -0.247. The molecule has 0 heterocycles. The van der Waals surface area contributed by atoms with Gasteiger partial charge in [0.25, 0.3) is 0 Å². The van der Waals surface area contributed by atoms with Crippen LogP contribution >= 0.6 is 0 Å². The second kappa shape index (κ2) is 16.9. The van der Waals surface area contributed by atoms with Crippen LogP contribution in [0, 0.1) is 0 Å². The van der Waals surface area contributed by atoms with Crippen molar-refractivity contribution in [2.75, 3.05) is 0 Å². The maximum atomic E-state index is 12.1. The zero-order chi connectivity index (χ0) is 23.6. The molecule has 0 saturated carbocycles. The number of unbranched alkanes of at least 4 members (excludes halogenated alkanes) is 12. The van der Waals surface area contributed by atoms with Gasteiger partial charge in [-0.15, -0.1) is 0 Å². The SMILES string of the molecule is CCCCCCCCCCCCCCCC(=O)Oc1ccc(C=Nc2ccccc2)c(O)c1. The summed E-state index contributed by atoms with van der Waals surface area (Å²) in [6.45, 7) is 2.26. The summed E-state index contributed by atoms with van der Waals surface area (Å²) in [6, 6.07) is 14.4. The third-order valence-corrected chi connectivity index (χ3v) is 5.83. The number of carbonyl (C=O) groups excluding carboxylic acids is 1. The van der Waals surface area contributed by atoms with Crippen LogP contribution in [0.3, 0.4) is 0 Å². The van der Waals surface area contributed by atoms with E-state index in [1.165, 1.54) is 76.7 Å². The van der Waals surface area contributed by atoms with Crippen LogP contribution in [0.25, 0.3) is 0 Å². The van der Waals surface area contributed by atoms with Crippen LogP contribution < -0.4 is 4.74 Å². The number of esters is 1. The van der Waals surface area contributed by atoms with Crippen molar-refractivity contribution in [3.63, 3.8) is 0 Å². The van der Waals surface area contributed by atoms with Crippen molar-refractivity contribution >= 4 is 17.9 Å². The molecule has 4 heteroatoms. The Morgan fingerprint density at radius 1 is 0.818 bits per heavy atom. The highest BCUT2D eigenvalue weighted by atomic mass is 16.5.